The highest BCUT2D eigenvalue weighted by molar-refractivity contribution is 5.96. The fraction of sp³-hybridized carbons (Fsp3) is 0.200. The van der Waals surface area contributed by atoms with Crippen LogP contribution in [0.5, 0.6) is 17.2 Å². The molecule has 2 aromatic rings. The second-order valence-corrected chi connectivity index (χ2v) is 5.46. The number of ether oxygens (including phenoxy) is 4. The van der Waals surface area contributed by atoms with E-state index in [9.17, 15) is 18.4 Å². The van der Waals surface area contributed by atoms with Crippen LogP contribution < -0.4 is 19.5 Å². The summed E-state index contributed by atoms with van der Waals surface area (Å²) in [5.74, 6) is -0.976. The van der Waals surface area contributed by atoms with E-state index in [0.29, 0.717) is 11.5 Å². The van der Waals surface area contributed by atoms with Crippen LogP contribution in [0, 0.1) is 0 Å². The van der Waals surface area contributed by atoms with Gasteiger partial charge in [0.1, 0.15) is 12.4 Å². The Morgan fingerprint density at radius 1 is 1.14 bits per heavy atom. The van der Waals surface area contributed by atoms with E-state index in [1.165, 1.54) is 49.6 Å². The first-order valence-electron chi connectivity index (χ1n) is 8.37. The van der Waals surface area contributed by atoms with Crippen LogP contribution in [0.4, 0.5) is 14.5 Å². The number of nitrogens with one attached hydrogen (secondary N) is 1. The third-order valence-electron chi connectivity index (χ3n) is 3.47. The number of alkyl halides is 2. The third kappa shape index (κ3) is 6.49. The fourth-order valence-electron chi connectivity index (χ4n) is 2.23. The summed E-state index contributed by atoms with van der Waals surface area (Å²) in [6.45, 7) is 0.137. The Morgan fingerprint density at radius 2 is 1.90 bits per heavy atom. The second-order valence-electron chi connectivity index (χ2n) is 5.46. The minimum Gasteiger partial charge on any atom is -0.493 e. The standard InChI is InChI=1S/C20H19F2NO6/c1-3-10-27-16-9-8-13(11-17(16)26-2)19(25)28-12-18(24)23-14-6-4-5-7-15(14)29-20(21)22/h3-9,11,20H,1,10,12H2,2H3,(H,23,24). The van der Waals surface area contributed by atoms with Crippen LogP contribution in [0.25, 0.3) is 0 Å². The molecule has 0 bridgehead atoms. The molecule has 154 valence electrons. The van der Waals surface area contributed by atoms with Gasteiger partial charge in [0.25, 0.3) is 5.91 Å². The van der Waals surface area contributed by atoms with E-state index in [0.717, 1.165) is 0 Å². The monoisotopic (exact) mass is 407 g/mol. The second kappa shape index (κ2) is 10.6. The highest BCUT2D eigenvalue weighted by Crippen LogP contribution is 2.28. The van der Waals surface area contributed by atoms with E-state index < -0.39 is 25.1 Å². The molecule has 0 heterocycles. The van der Waals surface area contributed by atoms with E-state index in [1.54, 1.807) is 6.08 Å². The number of benzene rings is 2. The minimum absolute atomic E-state index is 0.0271. The van der Waals surface area contributed by atoms with Crippen LogP contribution in [-0.4, -0.2) is 38.8 Å². The van der Waals surface area contributed by atoms with Crippen molar-refractivity contribution in [3.8, 4) is 17.2 Å². The maximum atomic E-state index is 12.4. The SMILES string of the molecule is C=CCOc1ccc(C(=O)OCC(=O)Nc2ccccc2OC(F)F)cc1OC. The zero-order valence-electron chi connectivity index (χ0n) is 15.5. The van der Waals surface area contributed by atoms with Gasteiger partial charge in [-0.1, -0.05) is 24.8 Å². The minimum atomic E-state index is -3.04. The van der Waals surface area contributed by atoms with Gasteiger partial charge in [0.05, 0.1) is 18.4 Å². The summed E-state index contributed by atoms with van der Waals surface area (Å²) in [5.41, 5.74) is 0.168. The zero-order valence-corrected chi connectivity index (χ0v) is 15.5. The lowest BCUT2D eigenvalue weighted by Crippen LogP contribution is -2.21. The summed E-state index contributed by atoms with van der Waals surface area (Å²) < 4.78 is 44.6. The lowest BCUT2D eigenvalue weighted by molar-refractivity contribution is -0.119. The summed E-state index contributed by atoms with van der Waals surface area (Å²) in [4.78, 5) is 24.2. The highest BCUT2D eigenvalue weighted by Gasteiger charge is 2.16. The Bertz CT molecular complexity index is 872. The van der Waals surface area contributed by atoms with Gasteiger partial charge < -0.3 is 24.3 Å². The van der Waals surface area contributed by atoms with Crippen LogP contribution >= 0.6 is 0 Å². The highest BCUT2D eigenvalue weighted by atomic mass is 19.3. The Balaban J connectivity index is 1.97. The lowest BCUT2D eigenvalue weighted by atomic mass is 10.2. The van der Waals surface area contributed by atoms with Crippen LogP contribution in [-0.2, 0) is 9.53 Å². The molecule has 0 aromatic heterocycles. The van der Waals surface area contributed by atoms with Crippen molar-refractivity contribution in [1.82, 2.24) is 0 Å². The molecule has 0 spiro atoms. The van der Waals surface area contributed by atoms with Gasteiger partial charge in [0, 0.05) is 0 Å². The Hall–Kier alpha value is -3.62. The number of hydrogen-bond donors (Lipinski definition) is 1. The predicted molar refractivity (Wildman–Crippen MR) is 101 cm³/mol. The summed E-state index contributed by atoms with van der Waals surface area (Å²) >= 11 is 0. The molecule has 7 nitrogen and oxygen atoms in total. The number of esters is 1. The number of carbonyl (C=O) groups is 2. The molecule has 0 unspecified atom stereocenters. The van der Waals surface area contributed by atoms with E-state index in [4.69, 9.17) is 14.2 Å². The van der Waals surface area contributed by atoms with Crippen molar-refractivity contribution in [2.45, 2.75) is 6.61 Å². The van der Waals surface area contributed by atoms with Crippen LogP contribution in [0.15, 0.2) is 55.1 Å². The maximum absolute atomic E-state index is 12.4. The van der Waals surface area contributed by atoms with E-state index in [-0.39, 0.29) is 23.6 Å². The molecule has 0 radical (unpaired) electrons. The van der Waals surface area contributed by atoms with Crippen LogP contribution in [0.1, 0.15) is 10.4 Å². The average Bonchev–Trinajstić information content (AvgIpc) is 2.71. The Kier molecular flexibility index (Phi) is 7.96. The molecule has 0 aliphatic carbocycles. The van der Waals surface area contributed by atoms with Gasteiger partial charge in [0.2, 0.25) is 0 Å². The molecule has 0 saturated carbocycles. The van der Waals surface area contributed by atoms with Crippen molar-refractivity contribution in [2.75, 3.05) is 25.6 Å². The first-order chi connectivity index (χ1) is 13.9. The molecule has 2 rings (SSSR count). The van der Waals surface area contributed by atoms with Gasteiger partial charge in [-0.15, -0.1) is 0 Å². The van der Waals surface area contributed by atoms with Gasteiger partial charge in [0.15, 0.2) is 18.1 Å². The van der Waals surface area contributed by atoms with E-state index >= 15 is 0 Å². The van der Waals surface area contributed by atoms with Crippen molar-refractivity contribution in [3.63, 3.8) is 0 Å². The van der Waals surface area contributed by atoms with Gasteiger partial charge in [-0.2, -0.15) is 8.78 Å². The van der Waals surface area contributed by atoms with Gasteiger partial charge >= 0.3 is 12.6 Å². The van der Waals surface area contributed by atoms with Crippen molar-refractivity contribution in [3.05, 3.63) is 60.7 Å². The molecule has 1 amide bonds. The largest absolute Gasteiger partial charge is 0.493 e. The first kappa shape index (κ1) is 21.7. The van der Waals surface area contributed by atoms with Crippen LogP contribution in [0.2, 0.25) is 0 Å². The zero-order chi connectivity index (χ0) is 21.2. The van der Waals surface area contributed by atoms with Crippen molar-refractivity contribution in [1.29, 1.82) is 0 Å². The molecular formula is C20H19F2NO6. The van der Waals surface area contributed by atoms with Crippen LogP contribution in [0.3, 0.4) is 0 Å². The summed E-state index contributed by atoms with van der Waals surface area (Å²) in [6.07, 6.45) is 1.56. The fourth-order valence-corrected chi connectivity index (χ4v) is 2.23. The van der Waals surface area contributed by atoms with Gasteiger partial charge in [-0.05, 0) is 30.3 Å². The lowest BCUT2D eigenvalue weighted by Gasteiger charge is -2.12. The molecule has 2 aromatic carbocycles. The van der Waals surface area contributed by atoms with E-state index in [1.807, 2.05) is 0 Å². The summed E-state index contributed by atoms with van der Waals surface area (Å²) in [7, 11) is 1.41. The smallest absolute Gasteiger partial charge is 0.387 e. The van der Waals surface area contributed by atoms with Gasteiger partial charge in [-0.3, -0.25) is 4.79 Å². The molecule has 0 atom stereocenters. The molecule has 0 saturated heterocycles. The van der Waals surface area contributed by atoms with E-state index in [2.05, 4.69) is 16.6 Å². The summed E-state index contributed by atoms with van der Waals surface area (Å²) in [5, 5.41) is 2.35. The predicted octanol–water partition coefficient (Wildman–Crippen LogP) is 3.66. The average molecular weight is 407 g/mol. The molecule has 0 aliphatic heterocycles. The molecule has 29 heavy (non-hydrogen) atoms. The van der Waals surface area contributed by atoms with Crippen molar-refractivity contribution < 1.29 is 37.3 Å². The quantitative estimate of drug-likeness (QED) is 0.478. The number of methoxy groups -OCH3 is 1. The number of amides is 1. The number of hydrogen-bond acceptors (Lipinski definition) is 6. The Morgan fingerprint density at radius 3 is 2.59 bits per heavy atom. The third-order valence-corrected chi connectivity index (χ3v) is 3.47. The number of carbonyl (C=O) groups excluding carboxylic acids is 2. The molecule has 0 fully saturated rings. The maximum Gasteiger partial charge on any atom is 0.387 e. The number of anilines is 1. The molecular weight excluding hydrogens is 388 g/mol. The normalized spacial score (nSPS) is 10.2. The van der Waals surface area contributed by atoms with Crippen molar-refractivity contribution >= 4 is 17.6 Å². The number of halogens is 2. The number of rotatable bonds is 10. The molecule has 1 N–H and O–H groups in total. The number of para-hydroxylation sites is 2. The Labute approximate surface area is 165 Å². The molecule has 0 aliphatic rings. The van der Waals surface area contributed by atoms with Gasteiger partial charge in [-0.25, -0.2) is 4.79 Å². The van der Waals surface area contributed by atoms with Crippen molar-refractivity contribution in [2.24, 2.45) is 0 Å². The summed E-state index contributed by atoms with van der Waals surface area (Å²) in [6, 6.07) is 10.0. The first-order valence-corrected chi connectivity index (χ1v) is 8.37. The topological polar surface area (TPSA) is 83.1 Å². The molecule has 9 heteroatoms.